The molecule has 2 heterocycles. The molecule has 706 valence electrons. The molecule has 126 heavy (non-hydrogen) atoms. The molecule has 0 spiro atoms. The first-order valence-corrected chi connectivity index (χ1v) is 42.8. The quantitative estimate of drug-likeness (QED) is 0.0164. The number of aromatic nitrogens is 2. The van der Waals surface area contributed by atoms with Gasteiger partial charge in [-0.1, -0.05) is 78.1 Å². The van der Waals surface area contributed by atoms with Crippen LogP contribution in [0.5, 0.6) is 0 Å². The zero-order chi connectivity index (χ0) is 94.3. The first kappa shape index (κ1) is 106. The number of primary amides is 3. The first-order valence-electron chi connectivity index (χ1n) is 42.8. The summed E-state index contributed by atoms with van der Waals surface area (Å²) in [6.07, 6.45) is 7.46. The Balaban J connectivity index is 1.57. The first-order chi connectivity index (χ1) is 59.2. The van der Waals surface area contributed by atoms with Crippen molar-refractivity contribution >= 4 is 118 Å². The molecule has 13 atom stereocenters. The van der Waals surface area contributed by atoms with Gasteiger partial charge in [-0.3, -0.25) is 96.5 Å². The highest BCUT2D eigenvalue weighted by molar-refractivity contribution is 6.02. The van der Waals surface area contributed by atoms with Crippen molar-refractivity contribution in [2.45, 2.75) is 306 Å². The smallest absolute Gasteiger partial charge is 0.248 e. The lowest BCUT2D eigenvalue weighted by Gasteiger charge is -2.33. The van der Waals surface area contributed by atoms with Crippen molar-refractivity contribution in [1.82, 2.24) is 84.0 Å². The van der Waals surface area contributed by atoms with Crippen LogP contribution in [0.3, 0.4) is 0 Å². The normalized spacial score (nSPS) is 17.1. The lowest BCUT2D eigenvalue weighted by Crippen LogP contribution is -2.65. The fraction of sp³-hybridized carbons (Fsp3) is 0.709. The molecule has 3 fully saturated rings. The zero-order valence-corrected chi connectivity index (χ0v) is 73.4. The summed E-state index contributed by atoms with van der Waals surface area (Å²) < 4.78 is 0. The number of likely N-dealkylation sites (tertiary alicyclic amines) is 1. The van der Waals surface area contributed by atoms with Crippen LogP contribution in [-0.4, -0.2) is 266 Å². The molecule has 2 aliphatic carbocycles. The average molecular weight is 1780 g/mol. The molecule has 0 bridgehead atoms. The number of carbonyl (C=O) groups is 17. The van der Waals surface area contributed by atoms with Crippen LogP contribution < -0.4 is 121 Å². The number of carbonyl (C=O) groups excluding carboxylic acids is 17. The predicted molar refractivity (Wildman–Crippen MR) is 460 cm³/mol. The number of aromatic amines is 1. The molecule has 3 aliphatic rings. The maximum absolute atomic E-state index is 14.9. The second-order valence-corrected chi connectivity index (χ2v) is 33.9. The molecular formula is C79H136N28O19. The van der Waals surface area contributed by atoms with Crippen molar-refractivity contribution < 1.29 is 91.7 Å². The van der Waals surface area contributed by atoms with E-state index in [4.69, 9.17) is 51.6 Å². The van der Waals surface area contributed by atoms with Gasteiger partial charge in [0.1, 0.15) is 83.6 Å². The number of nitrogens with one attached hydrogen (secondary N) is 14. The molecule has 0 unspecified atom stereocenters. The number of aliphatic hydroxyl groups is 2. The summed E-state index contributed by atoms with van der Waals surface area (Å²) in [6.45, 7) is 9.79. The van der Waals surface area contributed by atoms with Gasteiger partial charge < -0.3 is 141 Å². The van der Waals surface area contributed by atoms with Crippen LogP contribution in [0.25, 0.3) is 0 Å². The minimum Gasteiger partial charge on any atom is -0.394 e. The van der Waals surface area contributed by atoms with E-state index < -0.39 is 222 Å². The molecule has 0 aromatic carbocycles. The second kappa shape index (κ2) is 52.6. The Morgan fingerprint density at radius 1 is 0.476 bits per heavy atom. The second-order valence-electron chi connectivity index (χ2n) is 33.9. The van der Waals surface area contributed by atoms with E-state index in [2.05, 4.69) is 94.1 Å². The standard InChI is InChI=1S/C79H136N28O19/c1-41(2)33-52(68(120)105-79(7,8)74(126)104-60(42(3)109)71(123)98-49(25-17-31-92-77(87)88)62(114)96-50(27-28-58(80)111)65(117)95-47(23-15-29-90-75(83)84)63(115)99-51(61(82)113)34-44-19-11-9-12-20-44)100-67(119)55(37-59(81)112)103-73(125)78(5,6)106-69(121)53(35-45-21-13-10-14-22-45)101-66(118)54(36-46-38-89-40-93-46)102-64(116)48(24-16-30-91-76(85)86)97-70(122)57-26-18-32-107(57)72(124)56(39-108)94-43(4)110/h38,40-42,44-45,47-57,60,108-109H,9-37,39H2,1-8H3,(H2,80,111)(H2,81,112)(H2,82,113)(H,89,93)(H,94,110)(H,95,117)(H,96,114)(H,97,122)(H,98,123)(H,99,115)(H,100,119)(H,101,118)(H,102,116)(H,103,125)(H,104,126)(H,105,120)(H,106,121)(H4,83,84,90)(H4,85,86,91)(H4,87,88,92)/t42-,47+,48+,49+,50+,51+,52+,53+,54+,55+,56+,57-,60+/m1/s1. The van der Waals surface area contributed by atoms with Crippen molar-refractivity contribution in [3.63, 3.8) is 0 Å². The van der Waals surface area contributed by atoms with Gasteiger partial charge in [-0.15, -0.1) is 0 Å². The molecule has 1 aliphatic heterocycles. The minimum atomic E-state index is -2.05. The van der Waals surface area contributed by atoms with Crippen LogP contribution in [0.15, 0.2) is 27.5 Å². The van der Waals surface area contributed by atoms with E-state index in [0.717, 1.165) is 65.2 Å². The van der Waals surface area contributed by atoms with E-state index in [1.807, 2.05) is 0 Å². The van der Waals surface area contributed by atoms with Gasteiger partial charge in [0.2, 0.25) is 100 Å². The van der Waals surface area contributed by atoms with Gasteiger partial charge in [-0.2, -0.15) is 0 Å². The van der Waals surface area contributed by atoms with Crippen LogP contribution in [0, 0.1) is 17.8 Å². The van der Waals surface area contributed by atoms with Crippen molar-refractivity contribution in [2.24, 2.45) is 84.3 Å². The maximum atomic E-state index is 14.9. The van der Waals surface area contributed by atoms with E-state index in [-0.39, 0.29) is 127 Å². The number of imidazole rings is 1. The van der Waals surface area contributed by atoms with Crippen molar-refractivity contribution in [1.29, 1.82) is 0 Å². The molecule has 4 rings (SSSR count). The Morgan fingerprint density at radius 2 is 0.897 bits per heavy atom. The van der Waals surface area contributed by atoms with Gasteiger partial charge in [0.25, 0.3) is 0 Å². The van der Waals surface area contributed by atoms with Crippen molar-refractivity contribution in [3.05, 3.63) is 18.2 Å². The lowest BCUT2D eigenvalue weighted by molar-refractivity contribution is -0.143. The molecule has 2 saturated carbocycles. The highest BCUT2D eigenvalue weighted by atomic mass is 16.3. The van der Waals surface area contributed by atoms with Crippen LogP contribution in [0.4, 0.5) is 0 Å². The van der Waals surface area contributed by atoms with E-state index in [1.54, 1.807) is 13.8 Å². The number of amides is 17. The largest absolute Gasteiger partial charge is 0.394 e. The molecule has 47 nitrogen and oxygen atoms in total. The molecule has 1 aromatic rings. The number of rotatable bonds is 54. The monoisotopic (exact) mass is 1780 g/mol. The summed E-state index contributed by atoms with van der Waals surface area (Å²) in [5.41, 5.74) is 46.5. The summed E-state index contributed by atoms with van der Waals surface area (Å²) in [4.78, 5) is 257. The molecule has 47 heteroatoms. The van der Waals surface area contributed by atoms with E-state index in [0.29, 0.717) is 25.0 Å². The fourth-order valence-corrected chi connectivity index (χ4v) is 14.9. The van der Waals surface area contributed by atoms with Gasteiger partial charge in [0, 0.05) is 57.8 Å². The predicted octanol–water partition coefficient (Wildman–Crippen LogP) is -7.77. The number of aliphatic hydroxyl groups excluding tert-OH is 2. The number of nitrogens with zero attached hydrogens (tertiary/aromatic N) is 5. The Labute approximate surface area is 732 Å². The van der Waals surface area contributed by atoms with Crippen molar-refractivity contribution in [2.75, 3.05) is 32.8 Å². The number of aliphatic imine (C=N–C) groups is 3. The third kappa shape index (κ3) is 37.8. The van der Waals surface area contributed by atoms with Crippen LogP contribution in [-0.2, 0) is 87.9 Å². The number of H-pyrrole nitrogens is 1. The molecule has 1 saturated heterocycles. The lowest BCUT2D eigenvalue weighted by atomic mass is 9.84. The Morgan fingerprint density at radius 3 is 1.33 bits per heavy atom. The van der Waals surface area contributed by atoms with Crippen LogP contribution in [0.2, 0.25) is 0 Å². The van der Waals surface area contributed by atoms with Gasteiger partial charge >= 0.3 is 0 Å². The Kier molecular flexibility index (Phi) is 44.4. The number of hydrogen-bond acceptors (Lipinski definition) is 23. The zero-order valence-electron chi connectivity index (χ0n) is 73.4. The van der Waals surface area contributed by atoms with Gasteiger partial charge in [0.05, 0.1) is 25.5 Å². The molecule has 0 radical (unpaired) electrons. The molecule has 17 amide bonds. The fourth-order valence-electron chi connectivity index (χ4n) is 14.9. The van der Waals surface area contributed by atoms with E-state index >= 15 is 0 Å². The van der Waals surface area contributed by atoms with Gasteiger partial charge in [-0.25, -0.2) is 4.98 Å². The van der Waals surface area contributed by atoms with E-state index in [9.17, 15) is 91.7 Å². The Bertz CT molecular complexity index is 3970. The number of hydrogen-bond donors (Lipinski definition) is 25. The summed E-state index contributed by atoms with van der Waals surface area (Å²) >= 11 is 0. The topological polar surface area (TPSA) is 790 Å². The summed E-state index contributed by atoms with van der Waals surface area (Å²) in [5.74, 6) is -17.4. The minimum absolute atomic E-state index is 0.00596. The van der Waals surface area contributed by atoms with Crippen molar-refractivity contribution in [3.8, 4) is 0 Å². The van der Waals surface area contributed by atoms with Gasteiger partial charge in [0.15, 0.2) is 17.9 Å². The average Bonchev–Trinajstić information content (AvgIpc) is 1.58. The highest BCUT2D eigenvalue weighted by Gasteiger charge is 2.44. The Hall–Kier alpha value is -12.1. The van der Waals surface area contributed by atoms with Crippen LogP contribution in [0.1, 0.15) is 215 Å². The SMILES string of the molecule is CC(=O)N[C@@H](CO)C(=O)N1CCC[C@@H]1C(=O)N[C@@H](CCCN=C(N)N)C(=O)N[C@@H](Cc1cnc[nH]1)C(=O)N[C@@H](CC1CCCCC1)C(=O)NC(C)(C)C(=O)N[C@@H](CC(N)=O)C(=O)N[C@@H](CC(C)C)C(=O)NC(C)(C)C(=O)N[C@H](C(=O)N[C@@H](CCCN=C(N)N)C(=O)N[C@@H](CCC(N)=O)C(=O)N[C@@H](CCCN=C(N)N)C(=O)N[C@@H](CC1CCCCC1)C(N)=O)[C@@H](C)O. The third-order valence-electron chi connectivity index (χ3n) is 21.7. The molecule has 34 N–H and O–H groups in total. The summed E-state index contributed by atoms with van der Waals surface area (Å²) in [5, 5.41) is 54.4. The highest BCUT2D eigenvalue weighted by Crippen LogP contribution is 2.30. The number of nitrogens with two attached hydrogens (primary N) is 9. The van der Waals surface area contributed by atoms with Gasteiger partial charge in [-0.05, 0) is 129 Å². The van der Waals surface area contributed by atoms with Crippen LogP contribution >= 0.6 is 0 Å². The van der Waals surface area contributed by atoms with E-state index in [1.165, 1.54) is 45.1 Å². The molecular weight excluding hydrogens is 1650 g/mol. The maximum Gasteiger partial charge on any atom is 0.248 e. The summed E-state index contributed by atoms with van der Waals surface area (Å²) in [6, 6.07) is -18.0. The molecule has 1 aromatic heterocycles. The number of guanidine groups is 3. The third-order valence-corrected chi connectivity index (χ3v) is 21.7. The summed E-state index contributed by atoms with van der Waals surface area (Å²) in [7, 11) is 0.